The standard InChI is InChI=1S/C31H25NO3/c33-30-28-21-17-25(20-7-2-1-3-8-20)26(18-21)29(28)31(34)32(30)22-13-15-23(16-14-22)35-27-12-6-10-19-9-4-5-11-24(19)27/h1-16,21,25-26,28-29H,17-18H2. The third-order valence-electron chi connectivity index (χ3n) is 8.32. The van der Waals surface area contributed by atoms with Crippen LogP contribution in [0, 0.1) is 23.7 Å². The largest absolute Gasteiger partial charge is 0.457 e. The van der Waals surface area contributed by atoms with E-state index in [4.69, 9.17) is 4.74 Å². The first-order valence-electron chi connectivity index (χ1n) is 12.4. The summed E-state index contributed by atoms with van der Waals surface area (Å²) in [5, 5.41) is 2.16. The number of anilines is 1. The van der Waals surface area contributed by atoms with Crippen LogP contribution >= 0.6 is 0 Å². The molecule has 0 N–H and O–H groups in total. The van der Waals surface area contributed by atoms with E-state index in [1.165, 1.54) is 10.5 Å². The van der Waals surface area contributed by atoms with E-state index in [-0.39, 0.29) is 29.6 Å². The molecule has 0 spiro atoms. The summed E-state index contributed by atoms with van der Waals surface area (Å²) in [6.45, 7) is 0. The summed E-state index contributed by atoms with van der Waals surface area (Å²) in [5.74, 6) is 1.95. The van der Waals surface area contributed by atoms with Crippen molar-refractivity contribution in [2.45, 2.75) is 18.8 Å². The second-order valence-electron chi connectivity index (χ2n) is 10.0. The van der Waals surface area contributed by atoms with Crippen LogP contribution in [0.2, 0.25) is 0 Å². The first-order chi connectivity index (χ1) is 17.2. The highest BCUT2D eigenvalue weighted by molar-refractivity contribution is 6.22. The van der Waals surface area contributed by atoms with Gasteiger partial charge in [0.15, 0.2) is 0 Å². The van der Waals surface area contributed by atoms with Gasteiger partial charge in [0.25, 0.3) is 0 Å². The molecule has 4 aromatic carbocycles. The van der Waals surface area contributed by atoms with Gasteiger partial charge in [-0.1, -0.05) is 66.7 Å². The molecular formula is C31H25NO3. The van der Waals surface area contributed by atoms with E-state index in [9.17, 15) is 9.59 Å². The van der Waals surface area contributed by atoms with Gasteiger partial charge >= 0.3 is 0 Å². The Balaban J connectivity index is 1.14. The van der Waals surface area contributed by atoms with Crippen LogP contribution in [0.5, 0.6) is 11.5 Å². The summed E-state index contributed by atoms with van der Waals surface area (Å²) in [5.41, 5.74) is 1.93. The van der Waals surface area contributed by atoms with Gasteiger partial charge < -0.3 is 4.74 Å². The Morgan fingerprint density at radius 2 is 1.40 bits per heavy atom. The summed E-state index contributed by atoms with van der Waals surface area (Å²) in [6, 6.07) is 31.9. The molecule has 4 heteroatoms. The molecule has 3 fully saturated rings. The van der Waals surface area contributed by atoms with Crippen molar-refractivity contribution in [1.82, 2.24) is 0 Å². The predicted octanol–water partition coefficient (Wildman–Crippen LogP) is 6.56. The number of hydrogen-bond acceptors (Lipinski definition) is 3. The van der Waals surface area contributed by atoms with E-state index in [1.54, 1.807) is 0 Å². The number of carbonyl (C=O) groups excluding carboxylic acids is 2. The van der Waals surface area contributed by atoms with Gasteiger partial charge in [-0.15, -0.1) is 0 Å². The molecule has 0 aromatic heterocycles. The fourth-order valence-corrected chi connectivity index (χ4v) is 6.87. The van der Waals surface area contributed by atoms with E-state index < -0.39 is 0 Å². The summed E-state index contributed by atoms with van der Waals surface area (Å²) < 4.78 is 6.16. The van der Waals surface area contributed by atoms with Gasteiger partial charge in [-0.05, 0) is 71.9 Å². The Kier molecular flexibility index (Phi) is 4.56. The summed E-state index contributed by atoms with van der Waals surface area (Å²) in [6.07, 6.45) is 1.98. The van der Waals surface area contributed by atoms with Crippen LogP contribution in [0.15, 0.2) is 97.1 Å². The quantitative estimate of drug-likeness (QED) is 0.325. The van der Waals surface area contributed by atoms with Gasteiger partial charge in [0.1, 0.15) is 11.5 Å². The van der Waals surface area contributed by atoms with Crippen LogP contribution in [0.4, 0.5) is 5.69 Å². The van der Waals surface area contributed by atoms with Crippen LogP contribution in [-0.2, 0) is 9.59 Å². The molecule has 4 aromatic rings. The highest BCUT2D eigenvalue weighted by atomic mass is 16.5. The SMILES string of the molecule is O=C1C2C3CC(c4ccccc4)C(C3)C2C(=O)N1c1ccc(Oc2cccc3ccccc23)cc1. The molecule has 0 radical (unpaired) electrons. The molecule has 7 rings (SSSR count). The van der Waals surface area contributed by atoms with E-state index in [0.29, 0.717) is 23.3 Å². The van der Waals surface area contributed by atoms with Crippen molar-refractivity contribution in [2.24, 2.45) is 23.7 Å². The molecule has 5 atom stereocenters. The number of ether oxygens (including phenoxy) is 1. The van der Waals surface area contributed by atoms with Gasteiger partial charge in [-0.25, -0.2) is 0 Å². The Morgan fingerprint density at radius 1 is 0.686 bits per heavy atom. The number of amides is 2. The maximum absolute atomic E-state index is 13.6. The van der Waals surface area contributed by atoms with Gasteiger partial charge in [-0.3, -0.25) is 14.5 Å². The highest BCUT2D eigenvalue weighted by Crippen LogP contribution is 2.61. The lowest BCUT2D eigenvalue weighted by Crippen LogP contribution is -2.32. The van der Waals surface area contributed by atoms with Crippen LogP contribution in [0.3, 0.4) is 0 Å². The lowest BCUT2D eigenvalue weighted by atomic mass is 9.73. The maximum Gasteiger partial charge on any atom is 0.237 e. The highest BCUT2D eigenvalue weighted by Gasteiger charge is 2.64. The van der Waals surface area contributed by atoms with Crippen molar-refractivity contribution in [1.29, 1.82) is 0 Å². The van der Waals surface area contributed by atoms with Crippen molar-refractivity contribution < 1.29 is 14.3 Å². The Labute approximate surface area is 204 Å². The van der Waals surface area contributed by atoms with Gasteiger partial charge in [-0.2, -0.15) is 0 Å². The van der Waals surface area contributed by atoms with Crippen molar-refractivity contribution >= 4 is 28.3 Å². The molecule has 3 aliphatic rings. The summed E-state index contributed by atoms with van der Waals surface area (Å²) in [7, 11) is 0. The van der Waals surface area contributed by atoms with Crippen molar-refractivity contribution in [3.05, 3.63) is 103 Å². The molecule has 4 nitrogen and oxygen atoms in total. The lowest BCUT2D eigenvalue weighted by molar-refractivity contribution is -0.123. The number of carbonyl (C=O) groups is 2. The van der Waals surface area contributed by atoms with Crippen molar-refractivity contribution in [3.8, 4) is 11.5 Å². The molecule has 2 amide bonds. The van der Waals surface area contributed by atoms with Crippen molar-refractivity contribution in [3.63, 3.8) is 0 Å². The fraction of sp³-hybridized carbons (Fsp3) is 0.226. The average Bonchev–Trinajstić information content (AvgIpc) is 3.57. The van der Waals surface area contributed by atoms with Gasteiger partial charge in [0, 0.05) is 5.39 Å². The van der Waals surface area contributed by atoms with Crippen molar-refractivity contribution in [2.75, 3.05) is 4.90 Å². The zero-order chi connectivity index (χ0) is 23.5. The van der Waals surface area contributed by atoms with Gasteiger partial charge in [0.2, 0.25) is 11.8 Å². The predicted molar refractivity (Wildman–Crippen MR) is 135 cm³/mol. The Hall–Kier alpha value is -3.92. The molecule has 2 saturated carbocycles. The monoisotopic (exact) mass is 459 g/mol. The molecule has 2 bridgehead atoms. The van der Waals surface area contributed by atoms with Gasteiger partial charge in [0.05, 0.1) is 17.5 Å². The fourth-order valence-electron chi connectivity index (χ4n) is 6.87. The number of rotatable bonds is 4. The second-order valence-corrected chi connectivity index (χ2v) is 10.0. The minimum absolute atomic E-state index is 0.0262. The number of fused-ring (bicyclic) bond motifs is 6. The number of nitrogens with zero attached hydrogens (tertiary/aromatic N) is 1. The smallest absolute Gasteiger partial charge is 0.237 e. The minimum Gasteiger partial charge on any atom is -0.457 e. The molecule has 2 aliphatic carbocycles. The first kappa shape index (κ1) is 20.5. The van der Waals surface area contributed by atoms with Crippen LogP contribution < -0.4 is 9.64 Å². The van der Waals surface area contributed by atoms with Crippen LogP contribution in [-0.4, -0.2) is 11.8 Å². The Morgan fingerprint density at radius 3 is 2.23 bits per heavy atom. The summed E-state index contributed by atoms with van der Waals surface area (Å²) >= 11 is 0. The van der Waals surface area contributed by atoms with Crippen LogP contribution in [0.1, 0.15) is 24.3 Å². The maximum atomic E-state index is 13.6. The third-order valence-corrected chi connectivity index (χ3v) is 8.32. The second kappa shape index (κ2) is 7.81. The van der Waals surface area contributed by atoms with E-state index in [2.05, 4.69) is 36.4 Å². The molecule has 172 valence electrons. The molecule has 1 saturated heterocycles. The molecule has 35 heavy (non-hydrogen) atoms. The van der Waals surface area contributed by atoms with E-state index in [0.717, 1.165) is 29.4 Å². The van der Waals surface area contributed by atoms with Crippen LogP contribution in [0.25, 0.3) is 10.8 Å². The zero-order valence-electron chi connectivity index (χ0n) is 19.2. The first-order valence-corrected chi connectivity index (χ1v) is 12.4. The minimum atomic E-state index is -0.196. The topological polar surface area (TPSA) is 46.6 Å². The molecular weight excluding hydrogens is 434 g/mol. The normalized spacial score (nSPS) is 27.0. The number of imide groups is 1. The average molecular weight is 460 g/mol. The molecule has 5 unspecified atom stereocenters. The van der Waals surface area contributed by atoms with E-state index >= 15 is 0 Å². The lowest BCUT2D eigenvalue weighted by Gasteiger charge is -2.28. The number of hydrogen-bond donors (Lipinski definition) is 0. The number of benzene rings is 4. The zero-order valence-corrected chi connectivity index (χ0v) is 19.2. The van der Waals surface area contributed by atoms with E-state index in [1.807, 2.05) is 60.7 Å². The summed E-state index contributed by atoms with van der Waals surface area (Å²) in [4.78, 5) is 28.4. The third kappa shape index (κ3) is 3.13. The molecule has 1 heterocycles. The molecule has 1 aliphatic heterocycles. The Bertz CT molecular complexity index is 1440.